The molecule has 2 heteroatoms. The molecule has 1 N–H and O–H groups in total. The average molecular weight is 178 g/mol. The van der Waals surface area contributed by atoms with Gasteiger partial charge in [0, 0.05) is 6.07 Å². The standard InChI is InChI=1S/C11H14O2/c12-9-4-3-7-11(8-9)13-10-5-1-2-6-10/h3-4,7-8,10,12H,1-2,5-6H2. The van der Waals surface area contributed by atoms with E-state index in [1.54, 1.807) is 18.2 Å². The molecule has 2 nitrogen and oxygen atoms in total. The monoisotopic (exact) mass is 178 g/mol. The average Bonchev–Trinajstić information content (AvgIpc) is 2.57. The zero-order chi connectivity index (χ0) is 9.10. The van der Waals surface area contributed by atoms with E-state index < -0.39 is 0 Å². The molecule has 70 valence electrons. The van der Waals surface area contributed by atoms with Crippen LogP contribution in [0.2, 0.25) is 0 Å². The fourth-order valence-electron chi connectivity index (χ4n) is 1.76. The second kappa shape index (κ2) is 3.69. The van der Waals surface area contributed by atoms with Crippen molar-refractivity contribution < 1.29 is 9.84 Å². The number of hydrogen-bond acceptors (Lipinski definition) is 2. The molecule has 0 unspecified atom stereocenters. The van der Waals surface area contributed by atoms with Crippen LogP contribution in [0.5, 0.6) is 11.5 Å². The van der Waals surface area contributed by atoms with E-state index in [1.165, 1.54) is 12.8 Å². The van der Waals surface area contributed by atoms with E-state index in [-0.39, 0.29) is 5.75 Å². The SMILES string of the molecule is Oc1cccc(OC2CCCC2)c1. The van der Waals surface area contributed by atoms with Crippen molar-refractivity contribution >= 4 is 0 Å². The van der Waals surface area contributed by atoms with Gasteiger partial charge in [0.05, 0.1) is 6.10 Å². The molecule has 2 rings (SSSR count). The number of benzene rings is 1. The molecule has 1 aliphatic rings. The van der Waals surface area contributed by atoms with Gasteiger partial charge in [0.1, 0.15) is 11.5 Å². The van der Waals surface area contributed by atoms with Gasteiger partial charge >= 0.3 is 0 Å². The molecule has 1 aromatic rings. The molecule has 0 spiro atoms. The molecule has 1 aliphatic carbocycles. The van der Waals surface area contributed by atoms with Crippen LogP contribution in [0.1, 0.15) is 25.7 Å². The van der Waals surface area contributed by atoms with Gasteiger partial charge in [0.25, 0.3) is 0 Å². The maximum Gasteiger partial charge on any atom is 0.123 e. The lowest BCUT2D eigenvalue weighted by atomic mass is 10.3. The van der Waals surface area contributed by atoms with Gasteiger partial charge in [0.2, 0.25) is 0 Å². The van der Waals surface area contributed by atoms with Crippen molar-refractivity contribution in [2.75, 3.05) is 0 Å². The van der Waals surface area contributed by atoms with E-state index in [4.69, 9.17) is 4.74 Å². The molecule has 1 fully saturated rings. The highest BCUT2D eigenvalue weighted by Gasteiger charge is 2.16. The van der Waals surface area contributed by atoms with Gasteiger partial charge < -0.3 is 9.84 Å². The summed E-state index contributed by atoms with van der Waals surface area (Å²) in [4.78, 5) is 0. The van der Waals surface area contributed by atoms with E-state index in [0.29, 0.717) is 6.10 Å². The third kappa shape index (κ3) is 2.14. The topological polar surface area (TPSA) is 29.5 Å². The van der Waals surface area contributed by atoms with Crippen molar-refractivity contribution in [3.8, 4) is 11.5 Å². The third-order valence-corrected chi connectivity index (χ3v) is 2.42. The van der Waals surface area contributed by atoms with Crippen molar-refractivity contribution in [2.24, 2.45) is 0 Å². The van der Waals surface area contributed by atoms with Crippen molar-refractivity contribution in [3.63, 3.8) is 0 Å². The number of aromatic hydroxyl groups is 1. The first-order chi connectivity index (χ1) is 6.34. The van der Waals surface area contributed by atoms with Gasteiger partial charge in [-0.15, -0.1) is 0 Å². The quantitative estimate of drug-likeness (QED) is 0.754. The van der Waals surface area contributed by atoms with Crippen LogP contribution in [0.3, 0.4) is 0 Å². The minimum Gasteiger partial charge on any atom is -0.508 e. The van der Waals surface area contributed by atoms with Gasteiger partial charge in [-0.1, -0.05) is 6.07 Å². The molecule has 1 saturated carbocycles. The molecular weight excluding hydrogens is 164 g/mol. The van der Waals surface area contributed by atoms with Gasteiger partial charge in [-0.3, -0.25) is 0 Å². The van der Waals surface area contributed by atoms with Crippen molar-refractivity contribution in [1.82, 2.24) is 0 Å². The van der Waals surface area contributed by atoms with Crippen molar-refractivity contribution in [2.45, 2.75) is 31.8 Å². The Labute approximate surface area is 78.2 Å². The fraction of sp³-hybridized carbons (Fsp3) is 0.455. The number of hydrogen-bond donors (Lipinski definition) is 1. The summed E-state index contributed by atoms with van der Waals surface area (Å²) in [5.41, 5.74) is 0. The van der Waals surface area contributed by atoms with Crippen LogP contribution >= 0.6 is 0 Å². The second-order valence-corrected chi connectivity index (χ2v) is 3.52. The summed E-state index contributed by atoms with van der Waals surface area (Å²) in [6.07, 6.45) is 5.19. The highest BCUT2D eigenvalue weighted by Crippen LogP contribution is 2.25. The van der Waals surface area contributed by atoms with Crippen LogP contribution in [0.4, 0.5) is 0 Å². The third-order valence-electron chi connectivity index (χ3n) is 2.42. The van der Waals surface area contributed by atoms with Crippen LogP contribution < -0.4 is 4.74 Å². The highest BCUT2D eigenvalue weighted by atomic mass is 16.5. The van der Waals surface area contributed by atoms with E-state index in [2.05, 4.69) is 0 Å². The summed E-state index contributed by atoms with van der Waals surface area (Å²) in [5.74, 6) is 1.06. The first-order valence-corrected chi connectivity index (χ1v) is 4.80. The Balaban J connectivity index is 2.00. The Morgan fingerprint density at radius 2 is 2.00 bits per heavy atom. The molecule has 0 amide bonds. The number of phenolic OH excluding ortho intramolecular Hbond substituents is 1. The second-order valence-electron chi connectivity index (χ2n) is 3.52. The van der Waals surface area contributed by atoms with Crippen LogP contribution in [0.25, 0.3) is 0 Å². The van der Waals surface area contributed by atoms with Gasteiger partial charge in [-0.05, 0) is 37.8 Å². The van der Waals surface area contributed by atoms with Crippen molar-refractivity contribution in [1.29, 1.82) is 0 Å². The summed E-state index contributed by atoms with van der Waals surface area (Å²) < 4.78 is 5.70. The largest absolute Gasteiger partial charge is 0.508 e. The number of ether oxygens (including phenoxy) is 1. The lowest BCUT2D eigenvalue weighted by molar-refractivity contribution is 0.209. The Bertz CT molecular complexity index is 277. The van der Waals surface area contributed by atoms with E-state index in [9.17, 15) is 5.11 Å². The smallest absolute Gasteiger partial charge is 0.123 e. The molecule has 0 bridgehead atoms. The summed E-state index contributed by atoms with van der Waals surface area (Å²) in [6.45, 7) is 0. The fourth-order valence-corrected chi connectivity index (χ4v) is 1.76. The molecule has 0 heterocycles. The molecule has 0 saturated heterocycles. The number of phenols is 1. The first kappa shape index (κ1) is 8.42. The Kier molecular flexibility index (Phi) is 2.39. The summed E-state index contributed by atoms with van der Waals surface area (Å²) in [5, 5.41) is 9.21. The van der Waals surface area contributed by atoms with Crippen molar-refractivity contribution in [3.05, 3.63) is 24.3 Å². The maximum atomic E-state index is 9.21. The minimum absolute atomic E-state index is 0.274. The van der Waals surface area contributed by atoms with Gasteiger partial charge in [-0.2, -0.15) is 0 Å². The van der Waals surface area contributed by atoms with Crippen LogP contribution in [0.15, 0.2) is 24.3 Å². The Hall–Kier alpha value is -1.18. The molecule has 13 heavy (non-hydrogen) atoms. The molecule has 1 aromatic carbocycles. The first-order valence-electron chi connectivity index (χ1n) is 4.80. The molecule has 0 atom stereocenters. The van der Waals surface area contributed by atoms with E-state index >= 15 is 0 Å². The van der Waals surface area contributed by atoms with E-state index in [1.807, 2.05) is 6.07 Å². The molecule has 0 aromatic heterocycles. The summed E-state index contributed by atoms with van der Waals surface area (Å²) in [6, 6.07) is 7.01. The molecular formula is C11H14O2. The number of rotatable bonds is 2. The minimum atomic E-state index is 0.274. The summed E-state index contributed by atoms with van der Waals surface area (Å²) in [7, 11) is 0. The van der Waals surface area contributed by atoms with Gasteiger partial charge in [-0.25, -0.2) is 0 Å². The zero-order valence-electron chi connectivity index (χ0n) is 7.57. The lowest BCUT2D eigenvalue weighted by Gasteiger charge is -2.12. The normalized spacial score (nSPS) is 17.5. The van der Waals surface area contributed by atoms with Crippen LogP contribution in [-0.4, -0.2) is 11.2 Å². The van der Waals surface area contributed by atoms with Crippen LogP contribution in [-0.2, 0) is 0 Å². The lowest BCUT2D eigenvalue weighted by Crippen LogP contribution is -2.10. The van der Waals surface area contributed by atoms with Crippen LogP contribution in [0, 0.1) is 0 Å². The predicted octanol–water partition coefficient (Wildman–Crippen LogP) is 2.71. The van der Waals surface area contributed by atoms with Gasteiger partial charge in [0.15, 0.2) is 0 Å². The van der Waals surface area contributed by atoms with E-state index in [0.717, 1.165) is 18.6 Å². The Morgan fingerprint density at radius 3 is 2.69 bits per heavy atom. The molecule has 0 radical (unpaired) electrons. The molecule has 0 aliphatic heterocycles. The summed E-state index contributed by atoms with van der Waals surface area (Å²) >= 11 is 0. The predicted molar refractivity (Wildman–Crippen MR) is 51.0 cm³/mol. The maximum absolute atomic E-state index is 9.21. The zero-order valence-corrected chi connectivity index (χ0v) is 7.57. The Morgan fingerprint density at radius 1 is 1.23 bits per heavy atom. The highest BCUT2D eigenvalue weighted by molar-refractivity contribution is 5.31.